The van der Waals surface area contributed by atoms with Gasteiger partial charge in [-0.15, -0.1) is 0 Å². The molecular formula is C26H19N3O5S. The second kappa shape index (κ2) is 10.5. The van der Waals surface area contributed by atoms with Crippen LogP contribution in [0.5, 0.6) is 11.5 Å². The maximum atomic E-state index is 12.6. The van der Waals surface area contributed by atoms with Gasteiger partial charge in [0.2, 0.25) is 0 Å². The molecule has 0 atom stereocenters. The maximum Gasteiger partial charge on any atom is 0.335 e. The number of ether oxygens (including phenoxy) is 2. The monoisotopic (exact) mass is 485 g/mol. The standard InChI is InChI=1S/C26H19N3O5S/c1-33-20-9-6-16(7-10-20)24(30)29-26-28-14-23(35-26)21-11-8-17(25(31)32)12-22(21)34-15-19-5-3-2-4-18(19)13-27/h2-12,14H,15H2,1H3,(H,31,32)(H,28,29,30). The summed E-state index contributed by atoms with van der Waals surface area (Å²) >= 11 is 1.23. The number of carbonyl (C=O) groups excluding carboxylic acids is 1. The van der Waals surface area contributed by atoms with E-state index in [0.717, 1.165) is 0 Å². The van der Waals surface area contributed by atoms with Crippen LogP contribution in [-0.2, 0) is 6.61 Å². The molecule has 0 spiro atoms. The van der Waals surface area contributed by atoms with Crippen LogP contribution in [0.25, 0.3) is 10.4 Å². The Kier molecular flexibility index (Phi) is 7.04. The summed E-state index contributed by atoms with van der Waals surface area (Å²) < 4.78 is 11.1. The number of methoxy groups -OCH3 is 1. The van der Waals surface area contributed by atoms with Crippen molar-refractivity contribution in [3.63, 3.8) is 0 Å². The highest BCUT2D eigenvalue weighted by Gasteiger charge is 2.16. The Bertz CT molecular complexity index is 1420. The number of rotatable bonds is 8. The largest absolute Gasteiger partial charge is 0.497 e. The number of amides is 1. The zero-order valence-corrected chi connectivity index (χ0v) is 19.3. The van der Waals surface area contributed by atoms with Gasteiger partial charge in [0.1, 0.15) is 18.1 Å². The van der Waals surface area contributed by atoms with E-state index in [-0.39, 0.29) is 18.1 Å². The number of hydrogen-bond donors (Lipinski definition) is 2. The summed E-state index contributed by atoms with van der Waals surface area (Å²) in [6.07, 6.45) is 1.58. The number of hydrogen-bond acceptors (Lipinski definition) is 7. The van der Waals surface area contributed by atoms with Crippen molar-refractivity contribution in [3.8, 4) is 28.0 Å². The second-order valence-corrected chi connectivity index (χ2v) is 8.32. The first-order valence-electron chi connectivity index (χ1n) is 10.4. The third-order valence-electron chi connectivity index (χ3n) is 5.09. The van der Waals surface area contributed by atoms with Crippen molar-refractivity contribution in [2.75, 3.05) is 12.4 Å². The van der Waals surface area contributed by atoms with E-state index >= 15 is 0 Å². The van der Waals surface area contributed by atoms with Crippen molar-refractivity contribution < 1.29 is 24.2 Å². The lowest BCUT2D eigenvalue weighted by atomic mass is 10.1. The van der Waals surface area contributed by atoms with Gasteiger partial charge in [-0.25, -0.2) is 9.78 Å². The molecule has 0 aliphatic rings. The molecule has 35 heavy (non-hydrogen) atoms. The summed E-state index contributed by atoms with van der Waals surface area (Å²) in [7, 11) is 1.55. The zero-order chi connectivity index (χ0) is 24.8. The first kappa shape index (κ1) is 23.5. The lowest BCUT2D eigenvalue weighted by Gasteiger charge is -2.12. The third-order valence-corrected chi connectivity index (χ3v) is 6.04. The molecule has 4 aromatic rings. The van der Waals surface area contributed by atoms with Crippen LogP contribution < -0.4 is 14.8 Å². The Morgan fingerprint density at radius 3 is 2.54 bits per heavy atom. The summed E-state index contributed by atoms with van der Waals surface area (Å²) in [6, 6.07) is 20.4. The molecule has 0 aliphatic carbocycles. The number of carboxylic acid groups (broad SMARTS) is 1. The number of nitrogens with one attached hydrogen (secondary N) is 1. The van der Waals surface area contributed by atoms with Gasteiger partial charge >= 0.3 is 5.97 Å². The van der Waals surface area contributed by atoms with Gasteiger partial charge in [0.15, 0.2) is 5.13 Å². The summed E-state index contributed by atoms with van der Waals surface area (Å²) in [5.74, 6) is -0.433. The van der Waals surface area contributed by atoms with Crippen LogP contribution in [-0.4, -0.2) is 29.1 Å². The van der Waals surface area contributed by atoms with Crippen LogP contribution in [0.2, 0.25) is 0 Å². The van der Waals surface area contributed by atoms with Crippen molar-refractivity contribution in [1.82, 2.24) is 4.98 Å². The average Bonchev–Trinajstić information content (AvgIpc) is 3.35. The molecule has 3 aromatic carbocycles. The molecule has 9 heteroatoms. The molecule has 1 amide bonds. The fraction of sp³-hybridized carbons (Fsp3) is 0.0769. The first-order valence-corrected chi connectivity index (χ1v) is 11.2. The van der Waals surface area contributed by atoms with Crippen molar-refractivity contribution in [3.05, 3.63) is 95.2 Å². The Hall–Kier alpha value is -4.68. The molecule has 0 saturated heterocycles. The van der Waals surface area contributed by atoms with Crippen LogP contribution in [0.4, 0.5) is 5.13 Å². The summed E-state index contributed by atoms with van der Waals surface area (Å²) in [5, 5.41) is 21.9. The van der Waals surface area contributed by atoms with Crippen molar-refractivity contribution in [1.29, 1.82) is 5.26 Å². The highest BCUT2D eigenvalue weighted by atomic mass is 32.1. The number of carbonyl (C=O) groups is 2. The van der Waals surface area contributed by atoms with Gasteiger partial charge in [0.25, 0.3) is 5.91 Å². The van der Waals surface area contributed by atoms with Crippen molar-refractivity contribution >= 4 is 28.3 Å². The average molecular weight is 486 g/mol. The minimum atomic E-state index is -1.09. The molecular weight excluding hydrogens is 466 g/mol. The minimum absolute atomic E-state index is 0.0647. The molecule has 0 aliphatic heterocycles. The van der Waals surface area contributed by atoms with Gasteiger partial charge in [0.05, 0.1) is 29.2 Å². The predicted molar refractivity (Wildman–Crippen MR) is 131 cm³/mol. The molecule has 1 heterocycles. The highest BCUT2D eigenvalue weighted by Crippen LogP contribution is 2.37. The highest BCUT2D eigenvalue weighted by molar-refractivity contribution is 7.19. The summed E-state index contributed by atoms with van der Waals surface area (Å²) in [5.41, 5.74) is 2.29. The third kappa shape index (κ3) is 5.46. The van der Waals surface area contributed by atoms with E-state index < -0.39 is 5.97 Å². The predicted octanol–water partition coefficient (Wildman–Crippen LogP) is 5.22. The maximum absolute atomic E-state index is 12.6. The first-order chi connectivity index (χ1) is 17.0. The fourth-order valence-corrected chi connectivity index (χ4v) is 4.10. The number of benzene rings is 3. The summed E-state index contributed by atoms with van der Waals surface area (Å²) in [6.45, 7) is 0.0830. The van der Waals surface area contributed by atoms with E-state index in [9.17, 15) is 20.0 Å². The summed E-state index contributed by atoms with van der Waals surface area (Å²) in [4.78, 5) is 29.0. The molecule has 0 unspecified atom stereocenters. The molecule has 0 fully saturated rings. The van der Waals surface area contributed by atoms with E-state index in [0.29, 0.717) is 43.8 Å². The van der Waals surface area contributed by atoms with E-state index in [1.165, 1.54) is 23.5 Å². The molecule has 0 radical (unpaired) electrons. The number of nitriles is 1. The van der Waals surface area contributed by atoms with Gasteiger partial charge in [0, 0.05) is 22.9 Å². The van der Waals surface area contributed by atoms with Gasteiger partial charge in [-0.05, 0) is 48.5 Å². The topological polar surface area (TPSA) is 122 Å². The zero-order valence-electron chi connectivity index (χ0n) is 18.5. The molecule has 2 N–H and O–H groups in total. The van der Waals surface area contributed by atoms with Gasteiger partial charge in [-0.3, -0.25) is 10.1 Å². The molecule has 0 saturated carbocycles. The number of nitrogens with zero attached hydrogens (tertiary/aromatic N) is 2. The van der Waals surface area contributed by atoms with Crippen molar-refractivity contribution in [2.45, 2.75) is 6.61 Å². The van der Waals surface area contributed by atoms with Gasteiger partial charge in [-0.1, -0.05) is 29.5 Å². The number of aromatic carboxylic acids is 1. The van der Waals surface area contributed by atoms with Crippen LogP contribution in [0, 0.1) is 11.3 Å². The lowest BCUT2D eigenvalue weighted by Crippen LogP contribution is -2.11. The Balaban J connectivity index is 1.57. The Morgan fingerprint density at radius 2 is 1.83 bits per heavy atom. The molecule has 0 bridgehead atoms. The number of aromatic nitrogens is 1. The second-order valence-electron chi connectivity index (χ2n) is 7.29. The van der Waals surface area contributed by atoms with Crippen LogP contribution in [0.3, 0.4) is 0 Å². The van der Waals surface area contributed by atoms with E-state index in [2.05, 4.69) is 16.4 Å². The van der Waals surface area contributed by atoms with Crippen LogP contribution in [0.1, 0.15) is 31.8 Å². The minimum Gasteiger partial charge on any atom is -0.497 e. The fourth-order valence-electron chi connectivity index (χ4n) is 3.26. The van der Waals surface area contributed by atoms with Gasteiger partial charge in [-0.2, -0.15) is 5.26 Å². The molecule has 1 aromatic heterocycles. The number of carboxylic acids is 1. The normalized spacial score (nSPS) is 10.3. The van der Waals surface area contributed by atoms with E-state index in [1.54, 1.807) is 67.9 Å². The van der Waals surface area contributed by atoms with Crippen molar-refractivity contribution in [2.24, 2.45) is 0 Å². The number of thiazole rings is 1. The smallest absolute Gasteiger partial charge is 0.335 e. The van der Waals surface area contributed by atoms with Crippen LogP contribution in [0.15, 0.2) is 72.9 Å². The van der Waals surface area contributed by atoms with Gasteiger partial charge < -0.3 is 14.6 Å². The molecule has 8 nitrogen and oxygen atoms in total. The Labute approximate surface area is 205 Å². The number of anilines is 1. The molecule has 174 valence electrons. The van der Waals surface area contributed by atoms with E-state index in [4.69, 9.17) is 9.47 Å². The van der Waals surface area contributed by atoms with Crippen LogP contribution >= 0.6 is 11.3 Å². The Morgan fingerprint density at radius 1 is 1.09 bits per heavy atom. The SMILES string of the molecule is COc1ccc(C(=O)Nc2ncc(-c3ccc(C(=O)O)cc3OCc3ccccc3C#N)s2)cc1. The molecule has 4 rings (SSSR count). The lowest BCUT2D eigenvalue weighted by molar-refractivity contribution is 0.0696. The quantitative estimate of drug-likeness (QED) is 0.351. The van der Waals surface area contributed by atoms with E-state index in [1.807, 2.05) is 0 Å².